The number of methoxy groups -OCH3 is 2. The monoisotopic (exact) mass is 429 g/mol. The summed E-state index contributed by atoms with van der Waals surface area (Å²) >= 11 is 6.05. The van der Waals surface area contributed by atoms with Crippen LogP contribution in [0.3, 0.4) is 0 Å². The van der Waals surface area contributed by atoms with Gasteiger partial charge in [-0.15, -0.1) is 0 Å². The van der Waals surface area contributed by atoms with Crippen molar-refractivity contribution in [3.8, 4) is 11.5 Å². The van der Waals surface area contributed by atoms with E-state index in [2.05, 4.69) is 0 Å². The molecule has 0 saturated carbocycles. The van der Waals surface area contributed by atoms with Crippen molar-refractivity contribution in [2.75, 3.05) is 45.3 Å². The Kier molecular flexibility index (Phi) is 5.72. The van der Waals surface area contributed by atoms with E-state index < -0.39 is 0 Å². The van der Waals surface area contributed by atoms with E-state index in [4.69, 9.17) is 21.1 Å². The predicted octanol–water partition coefficient (Wildman–Crippen LogP) is 3.18. The van der Waals surface area contributed by atoms with Crippen LogP contribution < -0.4 is 14.4 Å². The topological polar surface area (TPSA) is 62.3 Å². The van der Waals surface area contributed by atoms with Crippen LogP contribution in [0.2, 0.25) is 5.02 Å². The number of carbonyl (C=O) groups excluding carboxylic acids is 2. The third kappa shape index (κ3) is 3.89. The normalized spacial score (nSPS) is 16.0. The smallest absolute Gasteiger partial charge is 0.325 e. The van der Waals surface area contributed by atoms with Crippen molar-refractivity contribution in [3.05, 3.63) is 52.5 Å². The van der Waals surface area contributed by atoms with Gasteiger partial charge in [-0.2, -0.15) is 0 Å². The molecule has 0 aromatic heterocycles. The molecule has 30 heavy (non-hydrogen) atoms. The molecule has 0 bridgehead atoms. The first-order chi connectivity index (χ1) is 14.5. The van der Waals surface area contributed by atoms with Crippen LogP contribution in [-0.4, -0.2) is 62.1 Å². The Labute approximate surface area is 180 Å². The summed E-state index contributed by atoms with van der Waals surface area (Å²) in [6.07, 6.45) is 0.740. The van der Waals surface area contributed by atoms with Crippen molar-refractivity contribution in [2.24, 2.45) is 0 Å². The second-order valence-electron chi connectivity index (χ2n) is 7.38. The number of rotatable bonds is 5. The van der Waals surface area contributed by atoms with E-state index in [0.29, 0.717) is 42.7 Å². The highest BCUT2D eigenvalue weighted by Crippen LogP contribution is 2.33. The molecule has 2 aliphatic heterocycles. The first kappa shape index (κ1) is 20.3. The number of hydrogen-bond acceptors (Lipinski definition) is 4. The van der Waals surface area contributed by atoms with E-state index in [9.17, 15) is 9.59 Å². The van der Waals surface area contributed by atoms with Gasteiger partial charge in [-0.25, -0.2) is 4.79 Å². The number of anilines is 1. The van der Waals surface area contributed by atoms with Gasteiger partial charge >= 0.3 is 6.03 Å². The lowest BCUT2D eigenvalue weighted by Gasteiger charge is -2.31. The summed E-state index contributed by atoms with van der Waals surface area (Å²) in [5.41, 5.74) is 2.94. The first-order valence-corrected chi connectivity index (χ1v) is 10.2. The molecule has 8 heteroatoms. The molecule has 0 radical (unpaired) electrons. The van der Waals surface area contributed by atoms with Crippen LogP contribution in [0.1, 0.15) is 11.1 Å². The van der Waals surface area contributed by atoms with Crippen molar-refractivity contribution in [3.63, 3.8) is 0 Å². The Morgan fingerprint density at radius 1 is 1.03 bits per heavy atom. The molecule has 0 aliphatic carbocycles. The largest absolute Gasteiger partial charge is 0.493 e. The molecule has 1 saturated heterocycles. The van der Waals surface area contributed by atoms with Gasteiger partial charge < -0.3 is 19.3 Å². The molecule has 0 spiro atoms. The fraction of sp³-hybridized carbons (Fsp3) is 0.364. The molecule has 1 fully saturated rings. The fourth-order valence-electron chi connectivity index (χ4n) is 3.97. The SMILES string of the molecule is COc1cc2c(cc1OC)CN(C(=O)CN1CCN(c3cccc(Cl)c3)C1=O)CC2. The van der Waals surface area contributed by atoms with Crippen molar-refractivity contribution in [1.82, 2.24) is 9.80 Å². The minimum Gasteiger partial charge on any atom is -0.493 e. The summed E-state index contributed by atoms with van der Waals surface area (Å²) in [6, 6.07) is 10.9. The Hall–Kier alpha value is -2.93. The Balaban J connectivity index is 1.42. The molecule has 7 nitrogen and oxygen atoms in total. The van der Waals surface area contributed by atoms with Crippen LogP contribution in [0.25, 0.3) is 0 Å². The van der Waals surface area contributed by atoms with Gasteiger partial charge in [0.1, 0.15) is 6.54 Å². The van der Waals surface area contributed by atoms with Crippen molar-refractivity contribution in [2.45, 2.75) is 13.0 Å². The van der Waals surface area contributed by atoms with Crippen LogP contribution in [-0.2, 0) is 17.8 Å². The number of halogens is 1. The molecular formula is C22H24ClN3O4. The molecule has 2 heterocycles. The molecule has 4 rings (SSSR count). The van der Waals surface area contributed by atoms with Gasteiger partial charge in [-0.05, 0) is 47.9 Å². The summed E-state index contributed by atoms with van der Waals surface area (Å²) in [5.74, 6) is 1.29. The van der Waals surface area contributed by atoms with Crippen molar-refractivity contribution in [1.29, 1.82) is 0 Å². The van der Waals surface area contributed by atoms with E-state index in [0.717, 1.165) is 23.2 Å². The number of carbonyl (C=O) groups is 2. The number of benzene rings is 2. The van der Waals surface area contributed by atoms with Crippen LogP contribution in [0.4, 0.5) is 10.5 Å². The zero-order valence-electron chi connectivity index (χ0n) is 17.1. The van der Waals surface area contributed by atoms with Gasteiger partial charge in [0, 0.05) is 36.9 Å². The van der Waals surface area contributed by atoms with Crippen LogP contribution in [0, 0.1) is 0 Å². The molecular weight excluding hydrogens is 406 g/mol. The van der Waals surface area contributed by atoms with E-state index >= 15 is 0 Å². The lowest BCUT2D eigenvalue weighted by Crippen LogP contribution is -2.44. The van der Waals surface area contributed by atoms with Gasteiger partial charge in [0.15, 0.2) is 11.5 Å². The maximum absolute atomic E-state index is 12.9. The maximum atomic E-state index is 12.9. The van der Waals surface area contributed by atoms with Crippen molar-refractivity contribution < 1.29 is 19.1 Å². The summed E-state index contributed by atoms with van der Waals surface area (Å²) in [6.45, 7) is 2.22. The number of nitrogens with zero attached hydrogens (tertiary/aromatic N) is 3. The number of urea groups is 1. The zero-order valence-corrected chi connectivity index (χ0v) is 17.8. The van der Waals surface area contributed by atoms with E-state index in [1.54, 1.807) is 41.1 Å². The molecule has 2 aliphatic rings. The van der Waals surface area contributed by atoms with Crippen LogP contribution >= 0.6 is 11.6 Å². The quantitative estimate of drug-likeness (QED) is 0.732. The zero-order chi connectivity index (χ0) is 21.3. The lowest BCUT2D eigenvalue weighted by molar-refractivity contribution is -0.132. The minimum atomic E-state index is -0.172. The number of amides is 3. The Morgan fingerprint density at radius 3 is 2.47 bits per heavy atom. The first-order valence-electron chi connectivity index (χ1n) is 9.83. The van der Waals surface area contributed by atoms with E-state index in [-0.39, 0.29) is 18.5 Å². The standard InChI is InChI=1S/C22H24ClN3O4/c1-29-19-10-15-6-7-24(13-16(15)11-20(19)30-2)21(27)14-25-8-9-26(22(25)28)18-5-3-4-17(23)12-18/h3-5,10-12H,6-9,13-14H2,1-2H3. The molecule has 158 valence electrons. The van der Waals surface area contributed by atoms with E-state index in [1.165, 1.54) is 0 Å². The van der Waals surface area contributed by atoms with Gasteiger partial charge in [-0.1, -0.05) is 17.7 Å². The van der Waals surface area contributed by atoms with Gasteiger partial charge in [0.05, 0.1) is 14.2 Å². The van der Waals surface area contributed by atoms with Crippen LogP contribution in [0.5, 0.6) is 11.5 Å². The highest BCUT2D eigenvalue weighted by atomic mass is 35.5. The molecule has 0 N–H and O–H groups in total. The van der Waals surface area contributed by atoms with E-state index in [1.807, 2.05) is 24.3 Å². The fourth-order valence-corrected chi connectivity index (χ4v) is 4.16. The average Bonchev–Trinajstić information content (AvgIpc) is 3.12. The van der Waals surface area contributed by atoms with Crippen molar-refractivity contribution >= 4 is 29.2 Å². The molecule has 0 unspecified atom stereocenters. The van der Waals surface area contributed by atoms with Gasteiger partial charge in [0.25, 0.3) is 0 Å². The lowest BCUT2D eigenvalue weighted by atomic mass is 9.98. The molecule has 2 aromatic carbocycles. The van der Waals surface area contributed by atoms with Gasteiger partial charge in [0.2, 0.25) is 5.91 Å². The summed E-state index contributed by atoms with van der Waals surface area (Å²) in [5, 5.41) is 0.578. The third-order valence-corrected chi connectivity index (χ3v) is 5.85. The molecule has 0 atom stereocenters. The minimum absolute atomic E-state index is 0.0586. The van der Waals surface area contributed by atoms with Crippen LogP contribution in [0.15, 0.2) is 36.4 Å². The highest BCUT2D eigenvalue weighted by molar-refractivity contribution is 6.30. The third-order valence-electron chi connectivity index (χ3n) is 5.61. The molecule has 2 aromatic rings. The predicted molar refractivity (Wildman–Crippen MR) is 114 cm³/mol. The maximum Gasteiger partial charge on any atom is 0.325 e. The second kappa shape index (κ2) is 8.44. The number of hydrogen-bond donors (Lipinski definition) is 0. The highest BCUT2D eigenvalue weighted by Gasteiger charge is 2.33. The number of fused-ring (bicyclic) bond motifs is 1. The average molecular weight is 430 g/mol. The molecule has 3 amide bonds. The summed E-state index contributed by atoms with van der Waals surface area (Å²) in [7, 11) is 3.21. The summed E-state index contributed by atoms with van der Waals surface area (Å²) in [4.78, 5) is 30.8. The van der Waals surface area contributed by atoms with Gasteiger partial charge in [-0.3, -0.25) is 9.69 Å². The Bertz CT molecular complexity index is 981. The second-order valence-corrected chi connectivity index (χ2v) is 7.81. The Morgan fingerprint density at radius 2 is 1.77 bits per heavy atom. The number of ether oxygens (including phenoxy) is 2. The summed E-state index contributed by atoms with van der Waals surface area (Å²) < 4.78 is 10.8.